The number of nitrogens with one attached hydrogen (secondary N) is 1. The Hall–Kier alpha value is -2.88. The Balaban J connectivity index is 1.68. The third kappa shape index (κ3) is 5.14. The summed E-state index contributed by atoms with van der Waals surface area (Å²) in [6.07, 6.45) is 5.45. The highest BCUT2D eigenvalue weighted by Crippen LogP contribution is 2.23. The molecule has 1 aliphatic rings. The number of carbonyl (C=O) groups excluding carboxylic acids is 2. The molecule has 0 aromatic heterocycles. The van der Waals surface area contributed by atoms with Gasteiger partial charge in [-0.15, -0.1) is 0 Å². The van der Waals surface area contributed by atoms with E-state index in [0.717, 1.165) is 37.1 Å². The lowest BCUT2D eigenvalue weighted by atomic mass is 9.87. The molecule has 3 rings (SSSR count). The van der Waals surface area contributed by atoms with Crippen molar-refractivity contribution >= 4 is 23.6 Å². The van der Waals surface area contributed by atoms with E-state index in [9.17, 15) is 9.59 Å². The van der Waals surface area contributed by atoms with E-state index in [1.54, 1.807) is 6.08 Å². The van der Waals surface area contributed by atoms with Crippen molar-refractivity contribution in [2.24, 2.45) is 0 Å². The molecule has 1 heterocycles. The summed E-state index contributed by atoms with van der Waals surface area (Å²) in [6.45, 7) is 10.0. The standard InChI is InChI=1S/C25H30N2O2/c1-18-21(24(29)27-16-5-6-17-27)8-7-9-22(18)26-23(28)15-12-19-10-13-20(14-11-19)25(2,3)4/h7-15H,5-6,16-17H2,1-4H3,(H,26,28)/b15-12+. The molecule has 0 bridgehead atoms. The predicted molar refractivity (Wildman–Crippen MR) is 119 cm³/mol. The van der Waals surface area contributed by atoms with Gasteiger partial charge in [0.15, 0.2) is 0 Å². The number of nitrogens with zero attached hydrogens (tertiary/aromatic N) is 1. The molecule has 0 radical (unpaired) electrons. The number of hydrogen-bond acceptors (Lipinski definition) is 2. The minimum absolute atomic E-state index is 0.0468. The largest absolute Gasteiger partial charge is 0.339 e. The van der Waals surface area contributed by atoms with Crippen molar-refractivity contribution in [2.75, 3.05) is 18.4 Å². The summed E-state index contributed by atoms with van der Waals surface area (Å²) in [5.41, 5.74) is 4.48. The molecular weight excluding hydrogens is 360 g/mol. The minimum atomic E-state index is -0.209. The summed E-state index contributed by atoms with van der Waals surface area (Å²) in [5.74, 6) is -0.163. The Bertz CT molecular complexity index is 915. The van der Waals surface area contributed by atoms with E-state index < -0.39 is 0 Å². The summed E-state index contributed by atoms with van der Waals surface area (Å²) in [6, 6.07) is 13.7. The number of carbonyl (C=O) groups is 2. The molecule has 1 aliphatic heterocycles. The van der Waals surface area contributed by atoms with E-state index in [-0.39, 0.29) is 17.2 Å². The topological polar surface area (TPSA) is 49.4 Å². The molecule has 4 nitrogen and oxygen atoms in total. The Morgan fingerprint density at radius 3 is 2.28 bits per heavy atom. The minimum Gasteiger partial charge on any atom is -0.339 e. The van der Waals surface area contributed by atoms with Gasteiger partial charge in [-0.3, -0.25) is 9.59 Å². The molecule has 0 unspecified atom stereocenters. The van der Waals surface area contributed by atoms with Crippen LogP contribution >= 0.6 is 0 Å². The maximum absolute atomic E-state index is 12.7. The van der Waals surface area contributed by atoms with Crippen LogP contribution in [0.5, 0.6) is 0 Å². The van der Waals surface area contributed by atoms with Gasteiger partial charge in [-0.05, 0) is 60.1 Å². The second kappa shape index (κ2) is 8.64. The van der Waals surface area contributed by atoms with Crippen LogP contribution in [-0.2, 0) is 10.2 Å². The van der Waals surface area contributed by atoms with E-state index in [1.165, 1.54) is 11.6 Å². The fraction of sp³-hybridized carbons (Fsp3) is 0.360. The molecule has 0 atom stereocenters. The second-order valence-corrected chi connectivity index (χ2v) is 8.67. The highest BCUT2D eigenvalue weighted by atomic mass is 16.2. The second-order valence-electron chi connectivity index (χ2n) is 8.67. The van der Waals surface area contributed by atoms with E-state index in [1.807, 2.05) is 42.2 Å². The van der Waals surface area contributed by atoms with E-state index in [4.69, 9.17) is 0 Å². The average molecular weight is 391 g/mol. The van der Waals surface area contributed by atoms with E-state index >= 15 is 0 Å². The van der Waals surface area contributed by atoms with Crippen LogP contribution in [0.2, 0.25) is 0 Å². The first-order valence-corrected chi connectivity index (χ1v) is 10.2. The number of rotatable bonds is 4. The van der Waals surface area contributed by atoms with Crippen molar-refractivity contribution in [3.8, 4) is 0 Å². The van der Waals surface area contributed by atoms with Crippen molar-refractivity contribution in [1.29, 1.82) is 0 Å². The SMILES string of the molecule is Cc1c(NC(=O)/C=C/c2ccc(C(C)(C)C)cc2)cccc1C(=O)N1CCCC1. The Morgan fingerprint density at radius 2 is 1.66 bits per heavy atom. The van der Waals surface area contributed by atoms with Gasteiger partial charge in [-0.2, -0.15) is 0 Å². The van der Waals surface area contributed by atoms with Gasteiger partial charge in [0, 0.05) is 30.4 Å². The quantitative estimate of drug-likeness (QED) is 0.731. The maximum Gasteiger partial charge on any atom is 0.254 e. The highest BCUT2D eigenvalue weighted by Gasteiger charge is 2.21. The van der Waals surface area contributed by atoms with Crippen molar-refractivity contribution in [3.63, 3.8) is 0 Å². The van der Waals surface area contributed by atoms with E-state index in [0.29, 0.717) is 11.3 Å². The Labute approximate surface area is 173 Å². The van der Waals surface area contributed by atoms with Crippen LogP contribution in [0.25, 0.3) is 6.08 Å². The zero-order valence-corrected chi connectivity index (χ0v) is 17.8. The molecular formula is C25H30N2O2. The maximum atomic E-state index is 12.7. The van der Waals surface area contributed by atoms with Gasteiger partial charge >= 0.3 is 0 Å². The monoisotopic (exact) mass is 390 g/mol. The van der Waals surface area contributed by atoms with Crippen molar-refractivity contribution in [3.05, 3.63) is 70.8 Å². The summed E-state index contributed by atoms with van der Waals surface area (Å²) in [7, 11) is 0. The van der Waals surface area contributed by atoms with Crippen LogP contribution in [0.15, 0.2) is 48.5 Å². The first-order valence-electron chi connectivity index (χ1n) is 10.2. The smallest absolute Gasteiger partial charge is 0.254 e. The number of benzene rings is 2. The van der Waals surface area contributed by atoms with Gasteiger partial charge in [-0.1, -0.05) is 51.1 Å². The summed E-state index contributed by atoms with van der Waals surface area (Å²) >= 11 is 0. The molecule has 0 spiro atoms. The molecule has 4 heteroatoms. The van der Waals surface area contributed by atoms with Crippen LogP contribution in [0.3, 0.4) is 0 Å². The first kappa shape index (κ1) is 20.8. The summed E-state index contributed by atoms with van der Waals surface area (Å²) in [4.78, 5) is 27.0. The number of hydrogen-bond donors (Lipinski definition) is 1. The first-order chi connectivity index (χ1) is 13.8. The molecule has 2 aromatic rings. The average Bonchev–Trinajstić information content (AvgIpc) is 3.22. The Kier molecular flexibility index (Phi) is 6.21. The summed E-state index contributed by atoms with van der Waals surface area (Å²) < 4.78 is 0. The molecule has 1 N–H and O–H groups in total. The molecule has 0 saturated carbocycles. The van der Waals surface area contributed by atoms with Crippen molar-refractivity contribution in [1.82, 2.24) is 4.90 Å². The molecule has 152 valence electrons. The third-order valence-electron chi connectivity index (χ3n) is 5.42. The molecule has 2 amide bonds. The normalized spacial score (nSPS) is 14.4. The van der Waals surface area contributed by atoms with Gasteiger partial charge in [0.1, 0.15) is 0 Å². The van der Waals surface area contributed by atoms with Gasteiger partial charge in [0.05, 0.1) is 0 Å². The summed E-state index contributed by atoms with van der Waals surface area (Å²) in [5, 5.41) is 2.91. The lowest BCUT2D eigenvalue weighted by molar-refractivity contribution is -0.111. The van der Waals surface area contributed by atoms with Gasteiger partial charge in [-0.25, -0.2) is 0 Å². The zero-order valence-electron chi connectivity index (χ0n) is 17.8. The van der Waals surface area contributed by atoms with Crippen molar-refractivity contribution in [2.45, 2.75) is 46.0 Å². The molecule has 29 heavy (non-hydrogen) atoms. The number of amides is 2. The van der Waals surface area contributed by atoms with Crippen LogP contribution in [-0.4, -0.2) is 29.8 Å². The third-order valence-corrected chi connectivity index (χ3v) is 5.42. The van der Waals surface area contributed by atoms with E-state index in [2.05, 4.69) is 38.2 Å². The molecule has 1 saturated heterocycles. The molecule has 1 fully saturated rings. The lowest BCUT2D eigenvalue weighted by Gasteiger charge is -2.18. The van der Waals surface area contributed by atoms with Crippen LogP contribution in [0.4, 0.5) is 5.69 Å². The molecule has 2 aromatic carbocycles. The van der Waals surface area contributed by atoms with Gasteiger partial charge in [0.2, 0.25) is 5.91 Å². The van der Waals surface area contributed by atoms with Crippen LogP contribution in [0, 0.1) is 6.92 Å². The van der Waals surface area contributed by atoms with Crippen LogP contribution in [0.1, 0.15) is 60.7 Å². The zero-order chi connectivity index (χ0) is 21.0. The lowest BCUT2D eigenvalue weighted by Crippen LogP contribution is -2.28. The Morgan fingerprint density at radius 1 is 1.00 bits per heavy atom. The number of likely N-dealkylation sites (tertiary alicyclic amines) is 1. The van der Waals surface area contributed by atoms with Gasteiger partial charge < -0.3 is 10.2 Å². The molecule has 0 aliphatic carbocycles. The fourth-order valence-electron chi connectivity index (χ4n) is 3.53. The fourth-order valence-corrected chi connectivity index (χ4v) is 3.53. The van der Waals surface area contributed by atoms with Crippen molar-refractivity contribution < 1.29 is 9.59 Å². The number of anilines is 1. The van der Waals surface area contributed by atoms with Crippen LogP contribution < -0.4 is 5.32 Å². The van der Waals surface area contributed by atoms with Gasteiger partial charge in [0.25, 0.3) is 5.91 Å². The predicted octanol–water partition coefficient (Wildman–Crippen LogP) is 5.18. The highest BCUT2D eigenvalue weighted by molar-refractivity contribution is 6.04.